The average molecular weight is 194 g/mol. The number of rotatable bonds is 4. The molecule has 3 nitrogen and oxygen atoms in total. The fourth-order valence-corrected chi connectivity index (χ4v) is 1.61. The highest BCUT2D eigenvalue weighted by atomic mass is 16.5. The van der Waals surface area contributed by atoms with Gasteiger partial charge in [-0.15, -0.1) is 0 Å². The van der Waals surface area contributed by atoms with Gasteiger partial charge in [0.15, 0.2) is 0 Å². The van der Waals surface area contributed by atoms with Crippen LogP contribution in [-0.2, 0) is 10.3 Å². The molecule has 1 atom stereocenters. The van der Waals surface area contributed by atoms with E-state index in [2.05, 4.69) is 11.9 Å². The lowest BCUT2D eigenvalue weighted by molar-refractivity contribution is 0.128. The Morgan fingerprint density at radius 3 is 2.79 bits per heavy atom. The zero-order valence-corrected chi connectivity index (χ0v) is 9.08. The van der Waals surface area contributed by atoms with Crippen LogP contribution in [0.2, 0.25) is 0 Å². The number of aromatic nitrogens is 1. The van der Waals surface area contributed by atoms with E-state index in [-0.39, 0.29) is 0 Å². The summed E-state index contributed by atoms with van der Waals surface area (Å²) in [5, 5.41) is 0. The third kappa shape index (κ3) is 2.11. The largest absolute Gasteiger partial charge is 0.382 e. The van der Waals surface area contributed by atoms with Crippen molar-refractivity contribution in [3.63, 3.8) is 0 Å². The van der Waals surface area contributed by atoms with Gasteiger partial charge in [-0.05, 0) is 30.5 Å². The summed E-state index contributed by atoms with van der Waals surface area (Å²) >= 11 is 0. The Morgan fingerprint density at radius 2 is 2.29 bits per heavy atom. The van der Waals surface area contributed by atoms with Gasteiger partial charge in [0.2, 0.25) is 0 Å². The molecule has 0 saturated carbocycles. The fourth-order valence-electron chi connectivity index (χ4n) is 1.61. The third-order valence-corrected chi connectivity index (χ3v) is 2.61. The third-order valence-electron chi connectivity index (χ3n) is 2.61. The first kappa shape index (κ1) is 11.1. The minimum Gasteiger partial charge on any atom is -0.382 e. The van der Waals surface area contributed by atoms with Gasteiger partial charge in [0.05, 0.1) is 12.1 Å². The maximum Gasteiger partial charge on any atom is 0.0684 e. The molecule has 2 N–H and O–H groups in total. The number of nitrogens with zero attached hydrogens (tertiary/aromatic N) is 1. The smallest absolute Gasteiger partial charge is 0.0684 e. The molecule has 0 aliphatic rings. The fraction of sp³-hybridized carbons (Fsp3) is 0.545. The van der Waals surface area contributed by atoms with E-state index in [1.165, 1.54) is 5.56 Å². The zero-order chi connectivity index (χ0) is 10.6. The van der Waals surface area contributed by atoms with E-state index >= 15 is 0 Å². The molecule has 0 bridgehead atoms. The summed E-state index contributed by atoms with van der Waals surface area (Å²) in [6, 6.07) is 1.97. The van der Waals surface area contributed by atoms with Crippen molar-refractivity contribution in [3.05, 3.63) is 29.6 Å². The van der Waals surface area contributed by atoms with E-state index in [9.17, 15) is 0 Å². The number of hydrogen-bond acceptors (Lipinski definition) is 3. The molecule has 1 aromatic rings. The van der Waals surface area contributed by atoms with Crippen LogP contribution < -0.4 is 5.73 Å². The molecule has 1 aromatic heterocycles. The van der Waals surface area contributed by atoms with Crippen molar-refractivity contribution in [2.24, 2.45) is 5.73 Å². The van der Waals surface area contributed by atoms with Crippen LogP contribution in [-0.4, -0.2) is 18.7 Å². The zero-order valence-electron chi connectivity index (χ0n) is 9.08. The molecule has 0 radical (unpaired) electrons. The molecular formula is C11H18N2O. The molecular weight excluding hydrogens is 176 g/mol. The van der Waals surface area contributed by atoms with E-state index in [0.717, 1.165) is 12.0 Å². The van der Waals surface area contributed by atoms with Crippen molar-refractivity contribution in [3.8, 4) is 0 Å². The molecule has 0 aliphatic heterocycles. The van der Waals surface area contributed by atoms with Crippen LogP contribution in [0.1, 0.15) is 24.5 Å². The number of pyridine rings is 1. The van der Waals surface area contributed by atoms with Crippen LogP contribution in [0.15, 0.2) is 18.5 Å². The Hall–Kier alpha value is -0.930. The van der Waals surface area contributed by atoms with Crippen molar-refractivity contribution < 1.29 is 4.74 Å². The van der Waals surface area contributed by atoms with Gasteiger partial charge in [-0.3, -0.25) is 4.98 Å². The predicted octanol–water partition coefficient (Wildman–Crippen LogP) is 1.60. The minimum atomic E-state index is -0.410. The van der Waals surface area contributed by atoms with E-state index in [4.69, 9.17) is 10.5 Å². The van der Waals surface area contributed by atoms with Crippen LogP contribution in [0.25, 0.3) is 0 Å². The van der Waals surface area contributed by atoms with Crippen molar-refractivity contribution in [1.82, 2.24) is 4.98 Å². The van der Waals surface area contributed by atoms with Crippen LogP contribution in [0.5, 0.6) is 0 Å². The number of aryl methyl sites for hydroxylation is 1. The highest BCUT2D eigenvalue weighted by Crippen LogP contribution is 2.24. The first-order valence-electron chi connectivity index (χ1n) is 4.83. The van der Waals surface area contributed by atoms with Crippen LogP contribution in [0.3, 0.4) is 0 Å². The number of nitrogens with two attached hydrogens (primary N) is 1. The second-order valence-corrected chi connectivity index (χ2v) is 3.63. The monoisotopic (exact) mass is 194 g/mol. The van der Waals surface area contributed by atoms with Crippen molar-refractivity contribution in [1.29, 1.82) is 0 Å². The summed E-state index contributed by atoms with van der Waals surface area (Å²) in [6.45, 7) is 4.63. The van der Waals surface area contributed by atoms with Crippen molar-refractivity contribution in [2.45, 2.75) is 25.8 Å². The quantitative estimate of drug-likeness (QED) is 0.792. The molecule has 0 fully saturated rings. The molecule has 0 saturated heterocycles. The summed E-state index contributed by atoms with van der Waals surface area (Å²) in [5.74, 6) is 0. The van der Waals surface area contributed by atoms with E-state index in [1.54, 1.807) is 13.3 Å². The van der Waals surface area contributed by atoms with Gasteiger partial charge in [0.1, 0.15) is 0 Å². The molecule has 3 heteroatoms. The lowest BCUT2D eigenvalue weighted by Gasteiger charge is -2.28. The number of hydrogen-bond donors (Lipinski definition) is 1. The lowest BCUT2D eigenvalue weighted by atomic mass is 9.87. The van der Waals surface area contributed by atoms with Crippen LogP contribution >= 0.6 is 0 Å². The Morgan fingerprint density at radius 1 is 1.57 bits per heavy atom. The van der Waals surface area contributed by atoms with E-state index in [0.29, 0.717) is 6.61 Å². The molecule has 0 aromatic carbocycles. The highest BCUT2D eigenvalue weighted by molar-refractivity contribution is 5.29. The van der Waals surface area contributed by atoms with Gasteiger partial charge >= 0.3 is 0 Å². The Balaban J connectivity index is 3.05. The van der Waals surface area contributed by atoms with Gasteiger partial charge in [-0.2, -0.15) is 0 Å². The summed E-state index contributed by atoms with van der Waals surface area (Å²) in [5.41, 5.74) is 8.10. The molecule has 1 rings (SSSR count). The lowest BCUT2D eigenvalue weighted by Crippen LogP contribution is -2.41. The Labute approximate surface area is 85.3 Å². The SMILES string of the molecule is CCC(N)(COC)c1cnccc1C. The van der Waals surface area contributed by atoms with Crippen LogP contribution in [0, 0.1) is 6.92 Å². The first-order valence-corrected chi connectivity index (χ1v) is 4.83. The van der Waals surface area contributed by atoms with Crippen molar-refractivity contribution in [2.75, 3.05) is 13.7 Å². The summed E-state index contributed by atoms with van der Waals surface area (Å²) < 4.78 is 5.15. The minimum absolute atomic E-state index is 0.410. The number of ether oxygens (including phenoxy) is 1. The van der Waals surface area contributed by atoms with Gasteiger partial charge in [0, 0.05) is 19.5 Å². The normalized spacial score (nSPS) is 15.1. The predicted molar refractivity (Wildman–Crippen MR) is 57.0 cm³/mol. The molecule has 0 amide bonds. The summed E-state index contributed by atoms with van der Waals surface area (Å²) in [4.78, 5) is 4.11. The van der Waals surface area contributed by atoms with Crippen molar-refractivity contribution >= 4 is 0 Å². The van der Waals surface area contributed by atoms with E-state index < -0.39 is 5.54 Å². The summed E-state index contributed by atoms with van der Waals surface area (Å²) in [7, 11) is 1.67. The van der Waals surface area contributed by atoms with Gasteiger partial charge in [-0.1, -0.05) is 6.92 Å². The van der Waals surface area contributed by atoms with Gasteiger partial charge in [0.25, 0.3) is 0 Å². The second-order valence-electron chi connectivity index (χ2n) is 3.63. The second kappa shape index (κ2) is 4.53. The molecule has 1 unspecified atom stereocenters. The first-order chi connectivity index (χ1) is 6.64. The topological polar surface area (TPSA) is 48.1 Å². The maximum absolute atomic E-state index is 6.26. The average Bonchev–Trinajstić information content (AvgIpc) is 2.18. The Kier molecular flexibility index (Phi) is 3.61. The molecule has 0 aliphatic carbocycles. The van der Waals surface area contributed by atoms with E-state index in [1.807, 2.05) is 19.2 Å². The Bertz CT molecular complexity index is 301. The summed E-state index contributed by atoms with van der Waals surface area (Å²) in [6.07, 6.45) is 4.45. The van der Waals surface area contributed by atoms with Gasteiger partial charge in [-0.25, -0.2) is 0 Å². The molecule has 14 heavy (non-hydrogen) atoms. The molecule has 1 heterocycles. The molecule has 78 valence electrons. The number of methoxy groups -OCH3 is 1. The van der Waals surface area contributed by atoms with Gasteiger partial charge < -0.3 is 10.5 Å². The maximum atomic E-state index is 6.26. The molecule has 0 spiro atoms. The highest BCUT2D eigenvalue weighted by Gasteiger charge is 2.26. The standard InChI is InChI=1S/C11H18N2O/c1-4-11(12,8-14-3)10-7-13-6-5-9(10)2/h5-7H,4,8,12H2,1-3H3. The van der Waals surface area contributed by atoms with Crippen LogP contribution in [0.4, 0.5) is 0 Å².